The molecule has 20 heavy (non-hydrogen) atoms. The van der Waals surface area contributed by atoms with Crippen molar-refractivity contribution in [2.45, 2.75) is 18.9 Å². The predicted molar refractivity (Wildman–Crippen MR) is 61.3 cm³/mol. The Balaban J connectivity index is 2.52. The average molecular weight is 310 g/mol. The maximum Gasteiger partial charge on any atom is 0.478 e. The van der Waals surface area contributed by atoms with Crippen LogP contribution in [0.1, 0.15) is 6.92 Å². The van der Waals surface area contributed by atoms with Crippen LogP contribution >= 0.6 is 11.6 Å². The van der Waals surface area contributed by atoms with Crippen LogP contribution in [0.4, 0.5) is 18.9 Å². The number of anilines is 1. The fraction of sp³-hybridized carbons (Fsp3) is 0.273. The predicted octanol–water partition coefficient (Wildman–Crippen LogP) is 2.49. The minimum atomic E-state index is -5.25. The van der Waals surface area contributed by atoms with E-state index in [-0.39, 0.29) is 16.5 Å². The second-order valence-corrected chi connectivity index (χ2v) is 4.34. The smallest absolute Gasteiger partial charge is 0.435 e. The lowest BCUT2D eigenvalue weighted by Crippen LogP contribution is -2.63. The van der Waals surface area contributed by atoms with Crippen molar-refractivity contribution in [2.75, 3.05) is 5.32 Å². The van der Waals surface area contributed by atoms with Crippen LogP contribution in [0.25, 0.3) is 0 Å². The molecule has 1 aromatic carbocycles. The van der Waals surface area contributed by atoms with E-state index in [9.17, 15) is 22.8 Å². The van der Waals surface area contributed by atoms with E-state index in [1.807, 2.05) is 5.32 Å². The van der Waals surface area contributed by atoms with E-state index in [4.69, 9.17) is 11.6 Å². The van der Waals surface area contributed by atoms with Crippen molar-refractivity contribution in [3.8, 4) is 5.75 Å². The van der Waals surface area contributed by atoms with E-state index < -0.39 is 23.8 Å². The third kappa shape index (κ3) is 2.26. The first kappa shape index (κ1) is 14.4. The van der Waals surface area contributed by atoms with Gasteiger partial charge in [0, 0.05) is 11.9 Å². The Morgan fingerprint density at radius 1 is 1.45 bits per heavy atom. The second kappa shape index (κ2) is 4.55. The van der Waals surface area contributed by atoms with Crippen molar-refractivity contribution in [1.29, 1.82) is 0 Å². The molecule has 2 rings (SSSR count). The number of halogens is 4. The Hall–Kier alpha value is -1.96. The zero-order valence-corrected chi connectivity index (χ0v) is 10.6. The molecule has 0 bridgehead atoms. The SMILES string of the molecule is CC(=O)OC1(C(F)(F)F)Oc2ccc(Cl)cc2NC1=O. The van der Waals surface area contributed by atoms with Crippen molar-refractivity contribution >= 4 is 29.2 Å². The number of esters is 1. The van der Waals surface area contributed by atoms with Crippen molar-refractivity contribution in [3.05, 3.63) is 23.2 Å². The van der Waals surface area contributed by atoms with Gasteiger partial charge in [0.05, 0.1) is 5.69 Å². The first-order valence-corrected chi connectivity index (χ1v) is 5.60. The topological polar surface area (TPSA) is 64.6 Å². The molecule has 0 aromatic heterocycles. The summed E-state index contributed by atoms with van der Waals surface area (Å²) < 4.78 is 48.0. The lowest BCUT2D eigenvalue weighted by atomic mass is 10.1. The molecule has 1 atom stereocenters. The summed E-state index contributed by atoms with van der Waals surface area (Å²) in [5.74, 6) is -6.99. The highest BCUT2D eigenvalue weighted by molar-refractivity contribution is 6.31. The summed E-state index contributed by atoms with van der Waals surface area (Å²) in [6, 6.07) is 3.61. The van der Waals surface area contributed by atoms with Crippen LogP contribution in [-0.2, 0) is 14.3 Å². The molecule has 0 aliphatic carbocycles. The van der Waals surface area contributed by atoms with E-state index in [0.29, 0.717) is 0 Å². The number of rotatable bonds is 1. The zero-order valence-electron chi connectivity index (χ0n) is 9.88. The zero-order chi connectivity index (χ0) is 15.1. The average Bonchev–Trinajstić information content (AvgIpc) is 2.28. The Kier molecular flexibility index (Phi) is 3.29. The first-order chi connectivity index (χ1) is 9.15. The highest BCUT2D eigenvalue weighted by atomic mass is 35.5. The van der Waals surface area contributed by atoms with Gasteiger partial charge in [0.25, 0.3) is 0 Å². The highest BCUT2D eigenvalue weighted by Gasteiger charge is 2.69. The Bertz CT molecular complexity index is 590. The summed E-state index contributed by atoms with van der Waals surface area (Å²) >= 11 is 5.66. The molecule has 0 saturated carbocycles. The summed E-state index contributed by atoms with van der Waals surface area (Å²) in [5, 5.41) is 2.15. The number of carbonyl (C=O) groups is 2. The number of hydrogen-bond donors (Lipinski definition) is 1. The van der Waals surface area contributed by atoms with E-state index in [2.05, 4.69) is 9.47 Å². The number of nitrogens with one attached hydrogen (secondary N) is 1. The largest absolute Gasteiger partial charge is 0.478 e. The molecule has 0 spiro atoms. The third-order valence-corrected chi connectivity index (χ3v) is 2.64. The number of alkyl halides is 3. The standard InChI is InChI=1S/C11H7ClF3NO4/c1-5(17)19-10(11(13,14)15)9(18)16-7-4-6(12)2-3-8(7)20-10/h2-4H,1H3,(H,16,18). The molecule has 0 fully saturated rings. The van der Waals surface area contributed by atoms with Gasteiger partial charge in [-0.1, -0.05) is 11.6 Å². The number of ether oxygens (including phenoxy) is 2. The van der Waals surface area contributed by atoms with E-state index >= 15 is 0 Å². The second-order valence-electron chi connectivity index (χ2n) is 3.90. The number of benzene rings is 1. The normalized spacial score (nSPS) is 21.6. The molecular formula is C11H7ClF3NO4. The van der Waals surface area contributed by atoms with Gasteiger partial charge in [-0.25, -0.2) is 0 Å². The summed E-state index contributed by atoms with van der Waals surface area (Å²) in [6.45, 7) is 0.738. The highest BCUT2D eigenvalue weighted by Crippen LogP contribution is 2.43. The molecule has 1 heterocycles. The van der Waals surface area contributed by atoms with Gasteiger partial charge in [-0.05, 0) is 18.2 Å². The van der Waals surface area contributed by atoms with Crippen molar-refractivity contribution in [2.24, 2.45) is 0 Å². The molecule has 108 valence electrons. The maximum atomic E-state index is 13.1. The summed E-state index contributed by atoms with van der Waals surface area (Å²) in [4.78, 5) is 22.6. The van der Waals surface area contributed by atoms with Crippen LogP contribution in [0.2, 0.25) is 5.02 Å². The van der Waals surface area contributed by atoms with Gasteiger partial charge >= 0.3 is 23.8 Å². The lowest BCUT2D eigenvalue weighted by molar-refractivity contribution is -0.320. The summed E-state index contributed by atoms with van der Waals surface area (Å²) in [5.41, 5.74) is -0.0467. The van der Waals surface area contributed by atoms with E-state index in [1.54, 1.807) is 0 Å². The molecule has 1 aliphatic rings. The number of amides is 1. The maximum absolute atomic E-state index is 13.1. The van der Waals surface area contributed by atoms with Crippen LogP contribution < -0.4 is 10.1 Å². The number of fused-ring (bicyclic) bond motifs is 1. The molecule has 9 heteroatoms. The number of hydrogen-bond acceptors (Lipinski definition) is 4. The Morgan fingerprint density at radius 3 is 2.65 bits per heavy atom. The van der Waals surface area contributed by atoms with Crippen LogP contribution in [0.3, 0.4) is 0 Å². The van der Waals surface area contributed by atoms with E-state index in [1.165, 1.54) is 12.1 Å². The minimum Gasteiger partial charge on any atom is -0.435 e. The molecule has 1 aliphatic heterocycles. The van der Waals surface area contributed by atoms with Gasteiger partial charge in [0.15, 0.2) is 0 Å². The van der Waals surface area contributed by atoms with Crippen molar-refractivity contribution in [3.63, 3.8) is 0 Å². The Morgan fingerprint density at radius 2 is 2.10 bits per heavy atom. The fourth-order valence-corrected chi connectivity index (χ4v) is 1.78. The molecule has 0 radical (unpaired) electrons. The van der Waals surface area contributed by atoms with Gasteiger partial charge in [0.1, 0.15) is 5.75 Å². The molecule has 0 saturated heterocycles. The molecule has 5 nitrogen and oxygen atoms in total. The van der Waals surface area contributed by atoms with Gasteiger partial charge in [-0.3, -0.25) is 9.59 Å². The van der Waals surface area contributed by atoms with Gasteiger partial charge in [0.2, 0.25) is 0 Å². The molecular weight excluding hydrogens is 303 g/mol. The fourth-order valence-electron chi connectivity index (χ4n) is 1.61. The van der Waals surface area contributed by atoms with Crippen LogP contribution in [0.15, 0.2) is 18.2 Å². The van der Waals surface area contributed by atoms with Crippen LogP contribution in [-0.4, -0.2) is 23.8 Å². The third-order valence-electron chi connectivity index (χ3n) is 2.40. The van der Waals surface area contributed by atoms with Crippen LogP contribution in [0, 0.1) is 0 Å². The lowest BCUT2D eigenvalue weighted by Gasteiger charge is -2.36. The molecule has 1 amide bonds. The van der Waals surface area contributed by atoms with Crippen molar-refractivity contribution in [1.82, 2.24) is 0 Å². The van der Waals surface area contributed by atoms with E-state index in [0.717, 1.165) is 13.0 Å². The first-order valence-electron chi connectivity index (χ1n) is 5.22. The van der Waals surface area contributed by atoms with Gasteiger partial charge in [-0.15, -0.1) is 0 Å². The summed E-state index contributed by atoms with van der Waals surface area (Å²) in [7, 11) is 0. The Labute approximate surface area is 115 Å². The molecule has 1 aromatic rings. The van der Waals surface area contributed by atoms with Crippen molar-refractivity contribution < 1.29 is 32.2 Å². The summed E-state index contributed by atoms with van der Waals surface area (Å²) in [6.07, 6.45) is -5.25. The molecule has 1 unspecified atom stereocenters. The minimum absolute atomic E-state index is 0.0467. The molecule has 1 N–H and O–H groups in total. The number of carbonyl (C=O) groups excluding carboxylic acids is 2. The quantitative estimate of drug-likeness (QED) is 0.810. The monoisotopic (exact) mass is 309 g/mol. The van der Waals surface area contributed by atoms with Gasteiger partial charge in [-0.2, -0.15) is 13.2 Å². The van der Waals surface area contributed by atoms with Gasteiger partial charge < -0.3 is 14.8 Å². The van der Waals surface area contributed by atoms with Crippen LogP contribution in [0.5, 0.6) is 5.75 Å².